The maximum atomic E-state index is 12.3. The number of epoxide rings is 1. The Hall–Kier alpha value is -3.33. The lowest BCUT2D eigenvalue weighted by Crippen LogP contribution is -2.10. The molecule has 1 aliphatic rings. The average molecular weight is 450 g/mol. The summed E-state index contributed by atoms with van der Waals surface area (Å²) < 4.78 is 56.9. The number of alkyl halides is 3. The molecule has 0 spiro atoms. The van der Waals surface area contributed by atoms with Crippen molar-refractivity contribution < 1.29 is 41.7 Å². The van der Waals surface area contributed by atoms with E-state index in [9.17, 15) is 22.8 Å². The molecule has 32 heavy (non-hydrogen) atoms. The molecule has 0 aromatic heterocycles. The molecular weight excluding hydrogens is 429 g/mol. The Morgan fingerprint density at radius 1 is 1.09 bits per heavy atom. The highest BCUT2D eigenvalue weighted by atomic mass is 19.4. The second-order valence-electron chi connectivity index (χ2n) is 6.97. The fraction of sp³-hybridized carbons (Fsp3) is 0.304. The standard InChI is InChI=1S/C23H21F3O6/c24-23(25,26)11-2-12-29-18-8-6-17(7-9-18)22(28)32-19-4-1-3-16(13-19)5-10-21(27)31-15-20-14-30-20/h1,3-10,13,20H,2,11-12,14-15H2. The SMILES string of the molecule is O=C(C=Cc1cccc(OC(=O)c2ccc(OCCCC(F)(F)F)cc2)c1)OCC1CO1. The zero-order chi connectivity index (χ0) is 23.0. The van der Waals surface area contributed by atoms with E-state index in [0.717, 1.165) is 0 Å². The van der Waals surface area contributed by atoms with E-state index in [1.54, 1.807) is 30.3 Å². The Balaban J connectivity index is 1.48. The summed E-state index contributed by atoms with van der Waals surface area (Å²) >= 11 is 0. The highest BCUT2D eigenvalue weighted by molar-refractivity contribution is 5.91. The molecule has 0 aliphatic carbocycles. The monoisotopic (exact) mass is 450 g/mol. The highest BCUT2D eigenvalue weighted by Crippen LogP contribution is 2.22. The van der Waals surface area contributed by atoms with E-state index in [1.165, 1.54) is 30.3 Å². The van der Waals surface area contributed by atoms with Crippen LogP contribution in [0.5, 0.6) is 11.5 Å². The third-order valence-electron chi connectivity index (χ3n) is 4.26. The van der Waals surface area contributed by atoms with Crippen molar-refractivity contribution in [2.45, 2.75) is 25.1 Å². The molecule has 1 unspecified atom stereocenters. The Kier molecular flexibility index (Phi) is 7.88. The summed E-state index contributed by atoms with van der Waals surface area (Å²) in [6.45, 7) is 0.742. The molecule has 1 atom stereocenters. The summed E-state index contributed by atoms with van der Waals surface area (Å²) in [7, 11) is 0. The Morgan fingerprint density at radius 3 is 2.53 bits per heavy atom. The molecule has 1 heterocycles. The van der Waals surface area contributed by atoms with Gasteiger partial charge in [-0.1, -0.05) is 12.1 Å². The predicted molar refractivity (Wildman–Crippen MR) is 108 cm³/mol. The fourth-order valence-electron chi connectivity index (χ4n) is 2.55. The van der Waals surface area contributed by atoms with Gasteiger partial charge in [0.1, 0.15) is 24.2 Å². The molecule has 1 aliphatic heterocycles. The average Bonchev–Trinajstić information content (AvgIpc) is 3.58. The van der Waals surface area contributed by atoms with E-state index in [-0.39, 0.29) is 37.1 Å². The van der Waals surface area contributed by atoms with Crippen molar-refractivity contribution in [3.8, 4) is 11.5 Å². The minimum absolute atomic E-state index is 0.00916. The van der Waals surface area contributed by atoms with E-state index in [2.05, 4.69) is 0 Å². The van der Waals surface area contributed by atoms with Crippen molar-refractivity contribution in [3.05, 3.63) is 65.7 Å². The molecule has 9 heteroatoms. The van der Waals surface area contributed by atoms with Gasteiger partial charge in [-0.05, 0) is 54.5 Å². The van der Waals surface area contributed by atoms with Crippen molar-refractivity contribution in [1.29, 1.82) is 0 Å². The molecule has 3 rings (SSSR count). The lowest BCUT2D eigenvalue weighted by atomic mass is 10.2. The highest BCUT2D eigenvalue weighted by Gasteiger charge is 2.26. The van der Waals surface area contributed by atoms with E-state index in [0.29, 0.717) is 17.9 Å². The van der Waals surface area contributed by atoms with Crippen LogP contribution in [-0.4, -0.2) is 44.0 Å². The van der Waals surface area contributed by atoms with Gasteiger partial charge in [0.25, 0.3) is 0 Å². The summed E-state index contributed by atoms with van der Waals surface area (Å²) in [4.78, 5) is 24.0. The van der Waals surface area contributed by atoms with Crippen molar-refractivity contribution in [2.24, 2.45) is 0 Å². The quantitative estimate of drug-likeness (QED) is 0.173. The number of carbonyl (C=O) groups excluding carboxylic acids is 2. The third kappa shape index (κ3) is 8.43. The topological polar surface area (TPSA) is 74.4 Å². The molecule has 2 aromatic carbocycles. The number of hydrogen-bond donors (Lipinski definition) is 0. The van der Waals surface area contributed by atoms with Crippen LogP contribution in [-0.2, 0) is 14.3 Å². The van der Waals surface area contributed by atoms with E-state index in [4.69, 9.17) is 18.9 Å². The summed E-state index contributed by atoms with van der Waals surface area (Å²) in [5.41, 5.74) is 0.886. The second kappa shape index (κ2) is 10.8. The molecule has 6 nitrogen and oxygen atoms in total. The van der Waals surface area contributed by atoms with Crippen molar-refractivity contribution in [1.82, 2.24) is 0 Å². The van der Waals surface area contributed by atoms with Crippen LogP contribution in [0.3, 0.4) is 0 Å². The van der Waals surface area contributed by atoms with Gasteiger partial charge in [-0.2, -0.15) is 13.2 Å². The number of carbonyl (C=O) groups is 2. The predicted octanol–water partition coefficient (Wildman–Crippen LogP) is 4.58. The molecule has 0 radical (unpaired) electrons. The number of esters is 2. The van der Waals surface area contributed by atoms with Gasteiger partial charge in [-0.25, -0.2) is 9.59 Å². The minimum atomic E-state index is -4.21. The number of benzene rings is 2. The van der Waals surface area contributed by atoms with E-state index in [1.807, 2.05) is 0 Å². The molecule has 0 amide bonds. The van der Waals surface area contributed by atoms with Crippen LogP contribution in [0.25, 0.3) is 6.08 Å². The van der Waals surface area contributed by atoms with Gasteiger partial charge in [0.2, 0.25) is 0 Å². The first-order valence-corrected chi connectivity index (χ1v) is 9.87. The van der Waals surface area contributed by atoms with Crippen LogP contribution in [0.1, 0.15) is 28.8 Å². The molecule has 1 fully saturated rings. The van der Waals surface area contributed by atoms with Gasteiger partial charge >= 0.3 is 18.1 Å². The molecular formula is C23H21F3O6. The van der Waals surface area contributed by atoms with Crippen LogP contribution in [0, 0.1) is 0 Å². The molecule has 0 N–H and O–H groups in total. The molecule has 2 aromatic rings. The van der Waals surface area contributed by atoms with Crippen molar-refractivity contribution in [3.63, 3.8) is 0 Å². The lowest BCUT2D eigenvalue weighted by Gasteiger charge is -2.09. The Morgan fingerprint density at radius 2 is 1.84 bits per heavy atom. The number of hydrogen-bond acceptors (Lipinski definition) is 6. The number of rotatable bonds is 10. The van der Waals surface area contributed by atoms with Crippen LogP contribution >= 0.6 is 0 Å². The van der Waals surface area contributed by atoms with Crippen LogP contribution in [0.15, 0.2) is 54.6 Å². The maximum absolute atomic E-state index is 12.3. The number of ether oxygens (including phenoxy) is 4. The first-order valence-electron chi connectivity index (χ1n) is 9.87. The zero-order valence-electron chi connectivity index (χ0n) is 17.0. The molecule has 1 saturated heterocycles. The van der Waals surface area contributed by atoms with Gasteiger partial charge in [0.15, 0.2) is 0 Å². The first kappa shape index (κ1) is 23.3. The van der Waals surface area contributed by atoms with Gasteiger partial charge < -0.3 is 18.9 Å². The Labute approximate surface area is 182 Å². The van der Waals surface area contributed by atoms with Gasteiger partial charge in [-0.15, -0.1) is 0 Å². The lowest BCUT2D eigenvalue weighted by molar-refractivity contribution is -0.138. The van der Waals surface area contributed by atoms with E-state index >= 15 is 0 Å². The van der Waals surface area contributed by atoms with Gasteiger partial charge in [-0.3, -0.25) is 0 Å². The maximum Gasteiger partial charge on any atom is 0.389 e. The van der Waals surface area contributed by atoms with Gasteiger partial charge in [0.05, 0.1) is 18.8 Å². The third-order valence-corrected chi connectivity index (χ3v) is 4.26. The summed E-state index contributed by atoms with van der Waals surface area (Å²) in [5.74, 6) is -0.470. The van der Waals surface area contributed by atoms with E-state index < -0.39 is 24.5 Å². The van der Waals surface area contributed by atoms with Crippen LogP contribution in [0.4, 0.5) is 13.2 Å². The van der Waals surface area contributed by atoms with Crippen LogP contribution in [0.2, 0.25) is 0 Å². The Bertz CT molecular complexity index is 949. The van der Waals surface area contributed by atoms with Crippen molar-refractivity contribution in [2.75, 3.05) is 19.8 Å². The number of halogens is 3. The van der Waals surface area contributed by atoms with Crippen LogP contribution < -0.4 is 9.47 Å². The molecule has 170 valence electrons. The first-order chi connectivity index (χ1) is 15.3. The molecule has 0 saturated carbocycles. The van der Waals surface area contributed by atoms with Crippen molar-refractivity contribution >= 4 is 18.0 Å². The second-order valence-corrected chi connectivity index (χ2v) is 6.97. The summed E-state index contributed by atoms with van der Waals surface area (Å²) in [6, 6.07) is 12.5. The summed E-state index contributed by atoms with van der Waals surface area (Å²) in [6.07, 6.45) is -2.47. The smallest absolute Gasteiger partial charge is 0.389 e. The largest absolute Gasteiger partial charge is 0.494 e. The summed E-state index contributed by atoms with van der Waals surface area (Å²) in [5, 5.41) is 0. The van der Waals surface area contributed by atoms with Gasteiger partial charge in [0, 0.05) is 12.5 Å². The molecule has 0 bridgehead atoms. The normalized spacial score (nSPS) is 15.4. The minimum Gasteiger partial charge on any atom is -0.494 e. The fourth-order valence-corrected chi connectivity index (χ4v) is 2.55. The zero-order valence-corrected chi connectivity index (χ0v) is 17.0.